The van der Waals surface area contributed by atoms with E-state index in [0.717, 1.165) is 6.21 Å². The molecule has 3 rings (SSSR count). The molecule has 1 aliphatic rings. The number of nitrogens with zero attached hydrogens (tertiary/aromatic N) is 3. The van der Waals surface area contributed by atoms with Gasteiger partial charge in [-0.1, -0.05) is 18.2 Å². The fraction of sp³-hybridized carbons (Fsp3) is 0.222. The molecule has 2 aromatic carbocycles. The van der Waals surface area contributed by atoms with Crippen LogP contribution in [0.1, 0.15) is 15.9 Å². The minimum atomic E-state index is -3.74. The number of carbonyl (C=O) groups is 1. The van der Waals surface area contributed by atoms with Crippen LogP contribution >= 0.6 is 0 Å². The fourth-order valence-corrected chi connectivity index (χ4v) is 4.18. The summed E-state index contributed by atoms with van der Waals surface area (Å²) in [7, 11) is -3.74. The van der Waals surface area contributed by atoms with Gasteiger partial charge in [-0.25, -0.2) is 13.8 Å². The molecule has 0 radical (unpaired) electrons. The first kappa shape index (κ1) is 20.6. The van der Waals surface area contributed by atoms with Gasteiger partial charge in [0.2, 0.25) is 10.0 Å². The van der Waals surface area contributed by atoms with Gasteiger partial charge in [0.1, 0.15) is 0 Å². The first-order valence-electron chi connectivity index (χ1n) is 8.64. The van der Waals surface area contributed by atoms with Crippen LogP contribution in [-0.2, 0) is 14.8 Å². The van der Waals surface area contributed by atoms with Crippen molar-refractivity contribution in [3.05, 3.63) is 69.8 Å². The summed E-state index contributed by atoms with van der Waals surface area (Å²) in [5, 5.41) is 14.7. The summed E-state index contributed by atoms with van der Waals surface area (Å²) >= 11 is 0. The Labute approximate surface area is 167 Å². The molecule has 1 amide bonds. The summed E-state index contributed by atoms with van der Waals surface area (Å²) in [5.41, 5.74) is 2.42. The lowest BCUT2D eigenvalue weighted by Crippen LogP contribution is -2.40. The van der Waals surface area contributed by atoms with Crippen molar-refractivity contribution >= 4 is 27.8 Å². The molecule has 1 fully saturated rings. The van der Waals surface area contributed by atoms with E-state index in [1.54, 1.807) is 6.07 Å². The number of hydrogen-bond acceptors (Lipinski definition) is 7. The van der Waals surface area contributed by atoms with Gasteiger partial charge in [0.15, 0.2) is 0 Å². The molecule has 11 heteroatoms. The van der Waals surface area contributed by atoms with E-state index < -0.39 is 20.9 Å². The summed E-state index contributed by atoms with van der Waals surface area (Å²) in [4.78, 5) is 22.8. The third kappa shape index (κ3) is 4.83. The largest absolute Gasteiger partial charge is 0.379 e. The zero-order chi connectivity index (χ0) is 20.9. The van der Waals surface area contributed by atoms with Gasteiger partial charge < -0.3 is 4.74 Å². The Hall–Kier alpha value is -3.15. The summed E-state index contributed by atoms with van der Waals surface area (Å²) in [6, 6.07) is 11.5. The molecule has 0 unspecified atom stereocenters. The molecule has 0 saturated carbocycles. The normalized spacial score (nSPS) is 15.3. The van der Waals surface area contributed by atoms with Crippen LogP contribution in [0.3, 0.4) is 0 Å². The second-order valence-electron chi connectivity index (χ2n) is 6.06. The highest BCUT2D eigenvalue weighted by atomic mass is 32.2. The lowest BCUT2D eigenvalue weighted by Gasteiger charge is -2.26. The number of ether oxygens (including phenoxy) is 1. The lowest BCUT2D eigenvalue weighted by molar-refractivity contribution is -0.385. The van der Waals surface area contributed by atoms with Crippen LogP contribution in [0.2, 0.25) is 0 Å². The zero-order valence-corrected chi connectivity index (χ0v) is 16.0. The number of hydrogen-bond donors (Lipinski definition) is 1. The number of carbonyl (C=O) groups excluding carboxylic acids is 1. The minimum absolute atomic E-state index is 0.00488. The van der Waals surface area contributed by atoms with E-state index in [1.165, 1.54) is 46.8 Å². The predicted octanol–water partition coefficient (Wildman–Crippen LogP) is 1.38. The number of morpholine rings is 1. The number of nitro benzene ring substituents is 1. The Morgan fingerprint density at radius 3 is 2.62 bits per heavy atom. The van der Waals surface area contributed by atoms with Crippen molar-refractivity contribution in [1.29, 1.82) is 0 Å². The van der Waals surface area contributed by atoms with Crippen LogP contribution in [0.4, 0.5) is 5.69 Å². The smallest absolute Gasteiger partial charge is 0.278 e. The molecule has 1 heterocycles. The van der Waals surface area contributed by atoms with E-state index in [-0.39, 0.29) is 34.8 Å². The predicted molar refractivity (Wildman–Crippen MR) is 104 cm³/mol. The van der Waals surface area contributed by atoms with Crippen molar-refractivity contribution in [2.45, 2.75) is 4.90 Å². The zero-order valence-electron chi connectivity index (χ0n) is 15.2. The first-order valence-corrected chi connectivity index (χ1v) is 10.1. The van der Waals surface area contributed by atoms with E-state index in [0.29, 0.717) is 13.2 Å². The molecule has 29 heavy (non-hydrogen) atoms. The quantitative estimate of drug-likeness (QED) is 0.428. The number of rotatable bonds is 6. The van der Waals surface area contributed by atoms with Gasteiger partial charge in [-0.15, -0.1) is 0 Å². The highest BCUT2D eigenvalue weighted by Gasteiger charge is 2.26. The average molecular weight is 418 g/mol. The molecule has 2 aromatic rings. The van der Waals surface area contributed by atoms with Crippen molar-refractivity contribution in [2.24, 2.45) is 5.10 Å². The maximum Gasteiger partial charge on any atom is 0.278 e. The second-order valence-corrected chi connectivity index (χ2v) is 8.00. The Balaban J connectivity index is 1.74. The maximum atomic E-state index is 12.7. The molecular weight excluding hydrogens is 400 g/mol. The maximum absolute atomic E-state index is 12.7. The van der Waals surface area contributed by atoms with Crippen LogP contribution in [0.5, 0.6) is 0 Å². The molecule has 0 spiro atoms. The van der Waals surface area contributed by atoms with Gasteiger partial charge in [0, 0.05) is 24.7 Å². The number of nitro groups is 1. The summed E-state index contributed by atoms with van der Waals surface area (Å²) in [5.74, 6) is -0.640. The minimum Gasteiger partial charge on any atom is -0.379 e. The molecule has 0 atom stereocenters. The first-order chi connectivity index (χ1) is 13.9. The van der Waals surface area contributed by atoms with Gasteiger partial charge >= 0.3 is 0 Å². The Morgan fingerprint density at radius 2 is 1.90 bits per heavy atom. The van der Waals surface area contributed by atoms with Crippen LogP contribution in [0.25, 0.3) is 0 Å². The number of hydrazone groups is 1. The van der Waals surface area contributed by atoms with E-state index >= 15 is 0 Å². The molecule has 152 valence electrons. The summed E-state index contributed by atoms with van der Waals surface area (Å²) in [6.45, 7) is 1.14. The van der Waals surface area contributed by atoms with Crippen LogP contribution in [-0.4, -0.2) is 56.1 Å². The average Bonchev–Trinajstić information content (AvgIpc) is 2.74. The highest BCUT2D eigenvalue weighted by Crippen LogP contribution is 2.18. The van der Waals surface area contributed by atoms with Crippen molar-refractivity contribution in [2.75, 3.05) is 26.3 Å². The van der Waals surface area contributed by atoms with Crippen molar-refractivity contribution in [1.82, 2.24) is 9.73 Å². The molecule has 0 bridgehead atoms. The lowest BCUT2D eigenvalue weighted by atomic mass is 10.2. The topological polar surface area (TPSA) is 131 Å². The van der Waals surface area contributed by atoms with Crippen molar-refractivity contribution < 1.29 is 22.9 Å². The Morgan fingerprint density at radius 1 is 1.17 bits per heavy atom. The fourth-order valence-electron chi connectivity index (χ4n) is 2.72. The van der Waals surface area contributed by atoms with Gasteiger partial charge in [-0.3, -0.25) is 14.9 Å². The third-order valence-corrected chi connectivity index (χ3v) is 6.10. The van der Waals surface area contributed by atoms with Crippen LogP contribution in [0.15, 0.2) is 58.5 Å². The number of para-hydroxylation sites is 1. The van der Waals surface area contributed by atoms with Gasteiger partial charge in [0.25, 0.3) is 11.6 Å². The molecule has 0 aromatic heterocycles. The van der Waals surface area contributed by atoms with Gasteiger partial charge in [0.05, 0.1) is 34.8 Å². The third-order valence-electron chi connectivity index (χ3n) is 4.21. The van der Waals surface area contributed by atoms with Crippen LogP contribution in [0, 0.1) is 10.1 Å². The van der Waals surface area contributed by atoms with E-state index in [9.17, 15) is 23.3 Å². The Bertz CT molecular complexity index is 1050. The Kier molecular flexibility index (Phi) is 6.32. The monoisotopic (exact) mass is 418 g/mol. The van der Waals surface area contributed by atoms with Gasteiger partial charge in [-0.2, -0.15) is 9.41 Å². The number of nitrogens with one attached hydrogen (secondary N) is 1. The SMILES string of the molecule is O=C(NN=Cc1ccccc1[N+](=O)[O-])c1cccc(S(=O)(=O)N2CCOCC2)c1. The van der Waals surface area contributed by atoms with Gasteiger partial charge in [-0.05, 0) is 24.3 Å². The molecule has 1 N–H and O–H groups in total. The number of amides is 1. The van der Waals surface area contributed by atoms with Crippen LogP contribution < -0.4 is 5.43 Å². The molecule has 10 nitrogen and oxygen atoms in total. The molecular formula is C18H18N4O6S. The number of benzene rings is 2. The summed E-state index contributed by atoms with van der Waals surface area (Å²) < 4.78 is 31.9. The molecule has 1 aliphatic heterocycles. The highest BCUT2D eigenvalue weighted by molar-refractivity contribution is 7.89. The van der Waals surface area contributed by atoms with Crippen molar-refractivity contribution in [3.8, 4) is 0 Å². The molecule has 0 aliphatic carbocycles. The van der Waals surface area contributed by atoms with E-state index in [1.807, 2.05) is 0 Å². The standard InChI is InChI=1S/C18H18N4O6S/c23-18(20-19-13-15-4-1-2-7-17(15)22(24)25)14-5-3-6-16(12-14)29(26,27)21-8-10-28-11-9-21/h1-7,12-13H,8-11H2,(H,20,23). The summed E-state index contributed by atoms with van der Waals surface area (Å²) in [6.07, 6.45) is 1.16. The van der Waals surface area contributed by atoms with E-state index in [2.05, 4.69) is 10.5 Å². The molecule has 1 saturated heterocycles. The second kappa shape index (κ2) is 8.90. The number of sulfonamides is 1. The van der Waals surface area contributed by atoms with Crippen molar-refractivity contribution in [3.63, 3.8) is 0 Å². The van der Waals surface area contributed by atoms with E-state index in [4.69, 9.17) is 4.74 Å².